The number of hydrogen-bond donors (Lipinski definition) is 1. The molecule has 0 atom stereocenters. The fourth-order valence-corrected chi connectivity index (χ4v) is 2.28. The lowest BCUT2D eigenvalue weighted by Gasteiger charge is -2.05. The molecule has 0 aliphatic rings. The Bertz CT molecular complexity index is 725. The summed E-state index contributed by atoms with van der Waals surface area (Å²) in [7, 11) is 1.45. The first kappa shape index (κ1) is 14.5. The Kier molecular flexibility index (Phi) is 4.06. The van der Waals surface area contributed by atoms with Crippen molar-refractivity contribution in [3.8, 4) is 0 Å². The monoisotopic (exact) mass is 310 g/mol. The average Bonchev–Trinajstić information content (AvgIpc) is 2.39. The Morgan fingerprint density at radius 1 is 1.15 bits per heavy atom. The van der Waals surface area contributed by atoms with Crippen LogP contribution < -0.4 is 5.32 Å². The van der Waals surface area contributed by atoms with Gasteiger partial charge in [0.2, 0.25) is 0 Å². The number of carbonyl (C=O) groups is 1. The first-order chi connectivity index (χ1) is 9.36. The van der Waals surface area contributed by atoms with Gasteiger partial charge in [-0.05, 0) is 43.3 Å². The van der Waals surface area contributed by atoms with Gasteiger partial charge in [-0.1, -0.05) is 0 Å². The van der Waals surface area contributed by atoms with Crippen LogP contribution in [-0.4, -0.2) is 19.3 Å². The Labute approximate surface area is 121 Å². The molecule has 2 aromatic rings. The average molecular weight is 311 g/mol. The summed E-state index contributed by atoms with van der Waals surface area (Å²) in [4.78, 5) is 15.9. The van der Waals surface area contributed by atoms with E-state index in [-0.39, 0.29) is 10.8 Å². The maximum atomic E-state index is 11.9. The highest BCUT2D eigenvalue weighted by atomic mass is 35.7. The van der Waals surface area contributed by atoms with Crippen molar-refractivity contribution in [2.24, 2.45) is 0 Å². The summed E-state index contributed by atoms with van der Waals surface area (Å²) in [5, 5.41) is 2.64. The van der Waals surface area contributed by atoms with Gasteiger partial charge in [0.15, 0.2) is 0 Å². The zero-order valence-corrected chi connectivity index (χ0v) is 12.1. The highest BCUT2D eigenvalue weighted by molar-refractivity contribution is 8.13. The molecule has 1 N–H and O–H groups in total. The van der Waals surface area contributed by atoms with Gasteiger partial charge in [-0.3, -0.25) is 9.78 Å². The zero-order valence-electron chi connectivity index (χ0n) is 10.5. The van der Waals surface area contributed by atoms with E-state index in [4.69, 9.17) is 10.7 Å². The van der Waals surface area contributed by atoms with E-state index < -0.39 is 9.05 Å². The Morgan fingerprint density at radius 2 is 1.80 bits per heavy atom. The van der Waals surface area contributed by atoms with Crippen molar-refractivity contribution in [3.63, 3.8) is 0 Å². The quantitative estimate of drug-likeness (QED) is 0.884. The lowest BCUT2D eigenvalue weighted by atomic mass is 10.2. The van der Waals surface area contributed by atoms with Gasteiger partial charge in [-0.2, -0.15) is 0 Å². The van der Waals surface area contributed by atoms with Crippen molar-refractivity contribution < 1.29 is 13.2 Å². The number of hydrogen-bond acceptors (Lipinski definition) is 4. The molecule has 2 rings (SSSR count). The van der Waals surface area contributed by atoms with E-state index in [9.17, 15) is 13.2 Å². The first-order valence-electron chi connectivity index (χ1n) is 5.65. The van der Waals surface area contributed by atoms with Crippen LogP contribution in [0.15, 0.2) is 47.5 Å². The van der Waals surface area contributed by atoms with Gasteiger partial charge in [0, 0.05) is 28.3 Å². The molecule has 0 fully saturated rings. The predicted octanol–water partition coefficient (Wildman–Crippen LogP) is 2.57. The van der Waals surface area contributed by atoms with Crippen LogP contribution in [0.1, 0.15) is 16.1 Å². The van der Waals surface area contributed by atoms with Crippen LogP contribution in [0.5, 0.6) is 0 Å². The van der Waals surface area contributed by atoms with Crippen molar-refractivity contribution in [1.82, 2.24) is 4.98 Å². The summed E-state index contributed by atoms with van der Waals surface area (Å²) in [6, 6.07) is 8.98. The van der Waals surface area contributed by atoms with Crippen LogP contribution in [0, 0.1) is 6.92 Å². The standard InChI is InChI=1S/C13H11ClN2O3S/c1-9-2-3-10(8-15-9)13(17)16-11-4-6-12(7-5-11)20(14,18)19/h2-8H,1H3,(H,16,17). The summed E-state index contributed by atoms with van der Waals surface area (Å²) in [5.74, 6) is -0.320. The van der Waals surface area contributed by atoms with Gasteiger partial charge in [-0.25, -0.2) is 8.42 Å². The van der Waals surface area contributed by atoms with Gasteiger partial charge in [0.1, 0.15) is 0 Å². The molecule has 0 saturated carbocycles. The third-order valence-corrected chi connectivity index (χ3v) is 3.94. The number of benzene rings is 1. The fourth-order valence-electron chi connectivity index (χ4n) is 1.51. The van der Waals surface area contributed by atoms with Gasteiger partial charge >= 0.3 is 0 Å². The molecule has 0 unspecified atom stereocenters. The number of nitrogens with zero attached hydrogens (tertiary/aromatic N) is 1. The number of pyridine rings is 1. The molecule has 0 radical (unpaired) electrons. The van der Waals surface area contributed by atoms with E-state index in [2.05, 4.69) is 10.3 Å². The highest BCUT2D eigenvalue weighted by Gasteiger charge is 2.10. The summed E-state index contributed by atoms with van der Waals surface area (Å²) in [5.41, 5.74) is 1.71. The molecule has 0 aliphatic carbocycles. The van der Waals surface area contributed by atoms with E-state index in [1.165, 1.54) is 30.5 Å². The molecule has 0 bridgehead atoms. The second-order valence-electron chi connectivity index (χ2n) is 4.10. The predicted molar refractivity (Wildman–Crippen MR) is 76.4 cm³/mol. The Hall–Kier alpha value is -1.92. The van der Waals surface area contributed by atoms with Crippen molar-refractivity contribution >= 4 is 31.3 Å². The molecular formula is C13H11ClN2O3S. The van der Waals surface area contributed by atoms with Crippen molar-refractivity contribution in [2.45, 2.75) is 11.8 Å². The smallest absolute Gasteiger partial charge is 0.261 e. The highest BCUT2D eigenvalue weighted by Crippen LogP contribution is 2.18. The van der Waals surface area contributed by atoms with Crippen LogP contribution in [0.3, 0.4) is 0 Å². The molecule has 1 heterocycles. The van der Waals surface area contributed by atoms with Crippen molar-refractivity contribution in [1.29, 1.82) is 0 Å². The van der Waals surface area contributed by atoms with Crippen molar-refractivity contribution in [2.75, 3.05) is 5.32 Å². The summed E-state index contributed by atoms with van der Waals surface area (Å²) >= 11 is 0. The number of carbonyl (C=O) groups excluding carboxylic acids is 1. The van der Waals surface area contributed by atoms with Crippen LogP contribution in [0.4, 0.5) is 5.69 Å². The summed E-state index contributed by atoms with van der Waals surface area (Å²) in [6.07, 6.45) is 1.47. The molecule has 0 saturated heterocycles. The molecule has 104 valence electrons. The van der Waals surface area contributed by atoms with E-state index in [0.29, 0.717) is 11.3 Å². The lowest BCUT2D eigenvalue weighted by Crippen LogP contribution is -2.12. The minimum Gasteiger partial charge on any atom is -0.322 e. The second-order valence-corrected chi connectivity index (χ2v) is 6.67. The first-order valence-corrected chi connectivity index (χ1v) is 7.96. The largest absolute Gasteiger partial charge is 0.322 e. The molecule has 0 aliphatic heterocycles. The number of rotatable bonds is 3. The van der Waals surface area contributed by atoms with Gasteiger partial charge in [-0.15, -0.1) is 0 Å². The minimum absolute atomic E-state index is 0.0193. The lowest BCUT2D eigenvalue weighted by molar-refractivity contribution is 0.102. The minimum atomic E-state index is -3.76. The third kappa shape index (κ3) is 3.55. The van der Waals surface area contributed by atoms with Gasteiger partial charge in [0.05, 0.1) is 10.5 Å². The topological polar surface area (TPSA) is 76.1 Å². The SMILES string of the molecule is Cc1ccc(C(=O)Nc2ccc(S(=O)(=O)Cl)cc2)cn1. The second kappa shape index (κ2) is 5.60. The van der Waals surface area contributed by atoms with Crippen molar-refractivity contribution in [3.05, 3.63) is 53.9 Å². The van der Waals surface area contributed by atoms with Gasteiger partial charge < -0.3 is 5.32 Å². The molecule has 1 amide bonds. The number of nitrogens with one attached hydrogen (secondary N) is 1. The maximum Gasteiger partial charge on any atom is 0.261 e. The third-order valence-electron chi connectivity index (χ3n) is 2.57. The van der Waals surface area contributed by atoms with E-state index >= 15 is 0 Å². The normalized spacial score (nSPS) is 11.1. The van der Waals surface area contributed by atoms with Gasteiger partial charge in [0.25, 0.3) is 15.0 Å². The van der Waals surface area contributed by atoms with Crippen LogP contribution in [0.25, 0.3) is 0 Å². The summed E-state index contributed by atoms with van der Waals surface area (Å²) in [6.45, 7) is 1.83. The fraction of sp³-hybridized carbons (Fsp3) is 0.0769. The Balaban J connectivity index is 2.14. The molecule has 0 spiro atoms. The number of halogens is 1. The molecular weight excluding hydrogens is 300 g/mol. The molecule has 1 aromatic heterocycles. The van der Waals surface area contributed by atoms with Crippen LogP contribution >= 0.6 is 10.7 Å². The molecule has 1 aromatic carbocycles. The molecule has 20 heavy (non-hydrogen) atoms. The zero-order chi connectivity index (χ0) is 14.8. The molecule has 7 heteroatoms. The number of anilines is 1. The van der Waals surface area contributed by atoms with Crippen LogP contribution in [-0.2, 0) is 9.05 Å². The Morgan fingerprint density at radius 3 is 2.30 bits per heavy atom. The summed E-state index contributed by atoms with van der Waals surface area (Å²) < 4.78 is 22.2. The number of amides is 1. The number of aryl methyl sites for hydroxylation is 1. The van der Waals surface area contributed by atoms with Crippen LogP contribution in [0.2, 0.25) is 0 Å². The van der Waals surface area contributed by atoms with E-state index in [0.717, 1.165) is 5.69 Å². The molecule has 5 nitrogen and oxygen atoms in total. The van der Waals surface area contributed by atoms with E-state index in [1.807, 2.05) is 6.92 Å². The number of aromatic nitrogens is 1. The maximum absolute atomic E-state index is 11.9. The van der Waals surface area contributed by atoms with E-state index in [1.54, 1.807) is 12.1 Å².